The van der Waals surface area contributed by atoms with Gasteiger partial charge in [-0.15, -0.1) is 23.1 Å². The maximum Gasteiger partial charge on any atom is 0.307 e. The number of hydrogen-bond acceptors (Lipinski definition) is 5. The summed E-state index contributed by atoms with van der Waals surface area (Å²) in [6.07, 6.45) is 1.54. The van der Waals surface area contributed by atoms with E-state index >= 15 is 0 Å². The highest BCUT2D eigenvalue weighted by atomic mass is 32.2. The van der Waals surface area contributed by atoms with E-state index in [1.807, 2.05) is 12.3 Å². The van der Waals surface area contributed by atoms with Gasteiger partial charge in [0.25, 0.3) is 0 Å². The first-order valence-electron chi connectivity index (χ1n) is 5.14. The Morgan fingerprint density at radius 2 is 2.35 bits per heavy atom. The molecule has 0 amide bonds. The molecule has 1 unspecified atom stereocenters. The zero-order valence-corrected chi connectivity index (χ0v) is 11.1. The summed E-state index contributed by atoms with van der Waals surface area (Å²) in [5.41, 5.74) is 2.11. The third-order valence-electron chi connectivity index (χ3n) is 2.39. The molecule has 0 saturated heterocycles. The van der Waals surface area contributed by atoms with E-state index in [4.69, 9.17) is 5.11 Å². The van der Waals surface area contributed by atoms with Crippen LogP contribution in [0.3, 0.4) is 0 Å². The van der Waals surface area contributed by atoms with Crippen molar-refractivity contribution in [3.63, 3.8) is 0 Å². The fourth-order valence-corrected chi connectivity index (χ4v) is 3.43. The maximum absolute atomic E-state index is 10.7. The molecule has 0 saturated carbocycles. The molecule has 0 radical (unpaired) electrons. The van der Waals surface area contributed by atoms with Crippen LogP contribution in [0.2, 0.25) is 0 Å². The Balaban J connectivity index is 2.21. The van der Waals surface area contributed by atoms with E-state index in [0.717, 1.165) is 20.8 Å². The van der Waals surface area contributed by atoms with Gasteiger partial charge in [0, 0.05) is 5.75 Å². The standard InChI is InChI=1S/C11H12N2O2S2/c1-6-3-16-9-8(6)12-5-13-10(9)17-4-7(2)11(14)15/h3,5,7H,4H2,1-2H3,(H,14,15). The van der Waals surface area contributed by atoms with Gasteiger partial charge in [-0.05, 0) is 17.9 Å². The van der Waals surface area contributed by atoms with Crippen molar-refractivity contribution in [3.8, 4) is 0 Å². The van der Waals surface area contributed by atoms with E-state index in [0.29, 0.717) is 5.75 Å². The number of carboxylic acids is 1. The van der Waals surface area contributed by atoms with E-state index in [9.17, 15) is 4.79 Å². The molecule has 2 aromatic heterocycles. The van der Waals surface area contributed by atoms with Crippen LogP contribution in [0.15, 0.2) is 16.7 Å². The predicted octanol–water partition coefficient (Wildman–Crippen LogP) is 2.81. The van der Waals surface area contributed by atoms with Gasteiger partial charge in [0.2, 0.25) is 0 Å². The Labute approximate surface area is 107 Å². The van der Waals surface area contributed by atoms with E-state index in [2.05, 4.69) is 9.97 Å². The number of hydrogen-bond donors (Lipinski definition) is 1. The molecule has 0 spiro atoms. The minimum atomic E-state index is -0.773. The summed E-state index contributed by atoms with van der Waals surface area (Å²) >= 11 is 3.09. The normalized spacial score (nSPS) is 12.8. The number of nitrogens with zero attached hydrogens (tertiary/aromatic N) is 2. The van der Waals surface area contributed by atoms with Gasteiger partial charge in [0.1, 0.15) is 11.4 Å². The van der Waals surface area contributed by atoms with E-state index in [1.54, 1.807) is 18.3 Å². The molecule has 17 heavy (non-hydrogen) atoms. The van der Waals surface area contributed by atoms with Crippen LogP contribution in [0.5, 0.6) is 0 Å². The Kier molecular flexibility index (Phi) is 3.63. The van der Waals surface area contributed by atoms with E-state index in [1.165, 1.54) is 18.1 Å². The Hall–Kier alpha value is -1.14. The second-order valence-electron chi connectivity index (χ2n) is 3.83. The van der Waals surface area contributed by atoms with Crippen LogP contribution in [0.4, 0.5) is 0 Å². The Morgan fingerprint density at radius 1 is 1.59 bits per heavy atom. The molecule has 6 heteroatoms. The van der Waals surface area contributed by atoms with Crippen LogP contribution >= 0.6 is 23.1 Å². The van der Waals surface area contributed by atoms with Crippen molar-refractivity contribution in [2.24, 2.45) is 5.92 Å². The first kappa shape index (κ1) is 12.3. The summed E-state index contributed by atoms with van der Waals surface area (Å²) in [5, 5.41) is 11.8. The number of rotatable bonds is 4. The zero-order chi connectivity index (χ0) is 12.4. The summed E-state index contributed by atoms with van der Waals surface area (Å²) in [6.45, 7) is 3.72. The number of aryl methyl sites for hydroxylation is 1. The Bertz CT molecular complexity index is 553. The van der Waals surface area contributed by atoms with E-state index < -0.39 is 5.97 Å². The SMILES string of the molecule is Cc1csc2c(SCC(C)C(=O)O)ncnc12. The molecule has 90 valence electrons. The van der Waals surface area contributed by atoms with Crippen molar-refractivity contribution in [2.75, 3.05) is 5.75 Å². The van der Waals surface area contributed by atoms with Crippen molar-refractivity contribution >= 4 is 39.3 Å². The van der Waals surface area contributed by atoms with Crippen molar-refractivity contribution < 1.29 is 9.90 Å². The second-order valence-corrected chi connectivity index (χ2v) is 5.71. The smallest absolute Gasteiger partial charge is 0.307 e. The monoisotopic (exact) mass is 268 g/mol. The second kappa shape index (κ2) is 5.01. The molecule has 0 aromatic carbocycles. The van der Waals surface area contributed by atoms with Crippen LogP contribution in [-0.4, -0.2) is 26.8 Å². The van der Waals surface area contributed by atoms with Crippen molar-refractivity contribution in [2.45, 2.75) is 18.9 Å². The molecule has 2 rings (SSSR count). The summed E-state index contributed by atoms with van der Waals surface area (Å²) < 4.78 is 1.05. The molecular weight excluding hydrogens is 256 g/mol. The van der Waals surface area contributed by atoms with Crippen LogP contribution < -0.4 is 0 Å². The lowest BCUT2D eigenvalue weighted by Crippen LogP contribution is -2.11. The number of aromatic nitrogens is 2. The summed E-state index contributed by atoms with van der Waals surface area (Å²) in [6, 6.07) is 0. The fourth-order valence-electron chi connectivity index (χ4n) is 1.33. The highest BCUT2D eigenvalue weighted by Crippen LogP contribution is 2.31. The number of aliphatic carboxylic acids is 1. The van der Waals surface area contributed by atoms with Gasteiger partial charge in [-0.2, -0.15) is 0 Å². The van der Waals surface area contributed by atoms with Crippen LogP contribution in [-0.2, 0) is 4.79 Å². The molecule has 0 aliphatic rings. The number of carbonyl (C=O) groups is 1. The maximum atomic E-state index is 10.7. The molecule has 2 aromatic rings. The van der Waals surface area contributed by atoms with Gasteiger partial charge in [-0.1, -0.05) is 6.92 Å². The van der Waals surface area contributed by atoms with Crippen LogP contribution in [0.25, 0.3) is 10.2 Å². The third-order valence-corrected chi connectivity index (χ3v) is 4.86. The minimum Gasteiger partial charge on any atom is -0.481 e. The largest absolute Gasteiger partial charge is 0.481 e. The highest BCUT2D eigenvalue weighted by Gasteiger charge is 2.14. The summed E-state index contributed by atoms with van der Waals surface area (Å²) in [4.78, 5) is 19.2. The number of thiophene rings is 1. The van der Waals surface area contributed by atoms with Gasteiger partial charge in [-0.25, -0.2) is 9.97 Å². The van der Waals surface area contributed by atoms with Gasteiger partial charge >= 0.3 is 5.97 Å². The first-order chi connectivity index (χ1) is 8.09. The predicted molar refractivity (Wildman–Crippen MR) is 69.7 cm³/mol. The molecule has 4 nitrogen and oxygen atoms in total. The van der Waals surface area contributed by atoms with Crippen molar-refractivity contribution in [3.05, 3.63) is 17.3 Å². The average Bonchev–Trinajstić information content (AvgIpc) is 2.69. The quantitative estimate of drug-likeness (QED) is 0.682. The molecule has 1 N–H and O–H groups in total. The lowest BCUT2D eigenvalue weighted by Gasteiger charge is -2.05. The Morgan fingerprint density at radius 3 is 3.06 bits per heavy atom. The lowest BCUT2D eigenvalue weighted by atomic mass is 10.2. The first-order valence-corrected chi connectivity index (χ1v) is 7.00. The minimum absolute atomic E-state index is 0.369. The molecule has 0 aliphatic carbocycles. The molecule has 0 bridgehead atoms. The number of carboxylic acid groups (broad SMARTS) is 1. The zero-order valence-electron chi connectivity index (χ0n) is 9.51. The van der Waals surface area contributed by atoms with Crippen LogP contribution in [0.1, 0.15) is 12.5 Å². The molecule has 1 atom stereocenters. The summed E-state index contributed by atoms with van der Waals surface area (Å²) in [7, 11) is 0. The topological polar surface area (TPSA) is 63.1 Å². The number of fused-ring (bicyclic) bond motifs is 1. The van der Waals surface area contributed by atoms with Gasteiger partial charge in [-0.3, -0.25) is 4.79 Å². The molecule has 2 heterocycles. The van der Waals surface area contributed by atoms with Crippen molar-refractivity contribution in [1.29, 1.82) is 0 Å². The third kappa shape index (κ3) is 2.58. The molecule has 0 fully saturated rings. The van der Waals surface area contributed by atoms with Gasteiger partial charge in [0.05, 0.1) is 16.1 Å². The fraction of sp³-hybridized carbons (Fsp3) is 0.364. The summed E-state index contributed by atoms with van der Waals surface area (Å²) in [5.74, 6) is -0.616. The molecule has 0 aliphatic heterocycles. The van der Waals surface area contributed by atoms with Gasteiger partial charge < -0.3 is 5.11 Å². The van der Waals surface area contributed by atoms with E-state index in [-0.39, 0.29) is 5.92 Å². The van der Waals surface area contributed by atoms with Crippen molar-refractivity contribution in [1.82, 2.24) is 9.97 Å². The van der Waals surface area contributed by atoms with Gasteiger partial charge in [0.15, 0.2) is 0 Å². The number of thioether (sulfide) groups is 1. The molecular formula is C11H12N2O2S2. The average molecular weight is 268 g/mol. The van der Waals surface area contributed by atoms with Crippen LogP contribution in [0, 0.1) is 12.8 Å². The lowest BCUT2D eigenvalue weighted by molar-refractivity contribution is -0.140. The highest BCUT2D eigenvalue weighted by molar-refractivity contribution is 7.99.